The van der Waals surface area contributed by atoms with E-state index >= 15 is 0 Å². The summed E-state index contributed by atoms with van der Waals surface area (Å²) in [6, 6.07) is 9.07. The van der Waals surface area contributed by atoms with Crippen LogP contribution in [0.15, 0.2) is 30.3 Å². The molecule has 2 heterocycles. The van der Waals surface area contributed by atoms with E-state index in [2.05, 4.69) is 0 Å². The largest absolute Gasteiger partial charge is 0.455 e. The van der Waals surface area contributed by atoms with Crippen LogP contribution in [-0.4, -0.2) is 58.4 Å². The van der Waals surface area contributed by atoms with Crippen LogP contribution >= 0.6 is 0 Å². The first-order chi connectivity index (χ1) is 10.1. The van der Waals surface area contributed by atoms with Crippen LogP contribution in [-0.2, 0) is 19.0 Å². The van der Waals surface area contributed by atoms with Crippen molar-refractivity contribution in [2.24, 2.45) is 0 Å². The number of esters is 1. The molecule has 7 nitrogen and oxygen atoms in total. The van der Waals surface area contributed by atoms with E-state index in [-0.39, 0.29) is 6.61 Å². The van der Waals surface area contributed by atoms with Gasteiger partial charge in [0, 0.05) is 5.56 Å². The average molecular weight is 296 g/mol. The van der Waals surface area contributed by atoms with Gasteiger partial charge in [-0.3, -0.25) is 0 Å². The van der Waals surface area contributed by atoms with Crippen LogP contribution in [0.1, 0.15) is 11.9 Å². The lowest BCUT2D eigenvalue weighted by Gasteiger charge is -2.37. The molecule has 0 aromatic heterocycles. The van der Waals surface area contributed by atoms with Crippen LogP contribution in [0.25, 0.3) is 0 Å². The molecule has 0 saturated carbocycles. The minimum atomic E-state index is -1.62. The Kier molecular flexibility index (Phi) is 3.92. The van der Waals surface area contributed by atoms with Gasteiger partial charge in [-0.1, -0.05) is 30.3 Å². The van der Waals surface area contributed by atoms with Crippen molar-refractivity contribution in [3.63, 3.8) is 0 Å². The maximum Gasteiger partial charge on any atom is 0.338 e. The van der Waals surface area contributed by atoms with Gasteiger partial charge >= 0.3 is 5.97 Å². The molecule has 2 fully saturated rings. The number of aliphatic hydroxyl groups excluding tert-OH is 3. The number of ether oxygens (including phenoxy) is 3. The lowest BCUT2D eigenvalue weighted by Crippen LogP contribution is -2.51. The monoisotopic (exact) mass is 296 g/mol. The Bertz CT molecular complexity index is 505. The maximum atomic E-state index is 11.3. The van der Waals surface area contributed by atoms with Crippen LogP contribution in [0, 0.1) is 0 Å². The molecule has 0 unspecified atom stereocenters. The van der Waals surface area contributed by atoms with Gasteiger partial charge in [-0.05, 0) is 0 Å². The molecule has 114 valence electrons. The van der Waals surface area contributed by atoms with Gasteiger partial charge in [0.05, 0.1) is 6.61 Å². The van der Waals surface area contributed by atoms with Gasteiger partial charge in [-0.25, -0.2) is 4.79 Å². The number of rotatable bonds is 2. The van der Waals surface area contributed by atoms with E-state index in [9.17, 15) is 20.1 Å². The van der Waals surface area contributed by atoms with E-state index in [0.29, 0.717) is 0 Å². The smallest absolute Gasteiger partial charge is 0.338 e. The first kappa shape index (κ1) is 14.4. The van der Waals surface area contributed by atoms with Gasteiger partial charge in [-0.2, -0.15) is 0 Å². The fraction of sp³-hybridized carbons (Fsp3) is 0.500. The number of carbonyl (C=O) groups excluding carboxylic acids is 1. The predicted octanol–water partition coefficient (Wildman–Crippen LogP) is -0.891. The van der Waals surface area contributed by atoms with Crippen LogP contribution < -0.4 is 0 Å². The lowest BCUT2D eigenvalue weighted by molar-refractivity contribution is -0.280. The number of hydrogen-bond acceptors (Lipinski definition) is 7. The summed E-state index contributed by atoms with van der Waals surface area (Å²) in [6.07, 6.45) is -6.96. The SMILES string of the molecule is O=C1O[C@@H]([C@@H]2O[C@H](c3ccccc3)OC[C@H]2O)[C@@H](O)[C@H]1O. The molecule has 0 bridgehead atoms. The normalized spacial score (nSPS) is 40.0. The Morgan fingerprint density at radius 1 is 1.05 bits per heavy atom. The first-order valence-corrected chi connectivity index (χ1v) is 6.64. The molecule has 2 aliphatic rings. The van der Waals surface area contributed by atoms with Gasteiger partial charge in [0.25, 0.3) is 0 Å². The highest BCUT2D eigenvalue weighted by molar-refractivity contribution is 5.77. The van der Waals surface area contributed by atoms with E-state index in [4.69, 9.17) is 14.2 Å². The second-order valence-electron chi connectivity index (χ2n) is 5.08. The zero-order valence-electron chi connectivity index (χ0n) is 11.0. The molecule has 21 heavy (non-hydrogen) atoms. The van der Waals surface area contributed by atoms with Gasteiger partial charge in [0.2, 0.25) is 0 Å². The first-order valence-electron chi connectivity index (χ1n) is 6.64. The van der Waals surface area contributed by atoms with Crippen molar-refractivity contribution in [2.45, 2.75) is 36.8 Å². The minimum absolute atomic E-state index is 0.0267. The van der Waals surface area contributed by atoms with Crippen molar-refractivity contribution in [3.8, 4) is 0 Å². The molecular formula is C14H16O7. The topological polar surface area (TPSA) is 105 Å². The quantitative estimate of drug-likeness (QED) is 0.608. The van der Waals surface area contributed by atoms with E-state index in [0.717, 1.165) is 5.56 Å². The van der Waals surface area contributed by atoms with Crippen molar-refractivity contribution >= 4 is 5.97 Å². The van der Waals surface area contributed by atoms with Crippen molar-refractivity contribution in [2.75, 3.05) is 6.61 Å². The number of hydrogen-bond donors (Lipinski definition) is 3. The second-order valence-corrected chi connectivity index (χ2v) is 5.08. The summed E-state index contributed by atoms with van der Waals surface area (Å²) in [4.78, 5) is 11.3. The Hall–Kier alpha value is -1.51. The van der Waals surface area contributed by atoms with Gasteiger partial charge in [0.15, 0.2) is 18.5 Å². The molecule has 1 aromatic rings. The molecular weight excluding hydrogens is 280 g/mol. The number of aliphatic hydroxyl groups is 3. The molecule has 3 rings (SSSR count). The summed E-state index contributed by atoms with van der Waals surface area (Å²) in [5, 5.41) is 29.2. The minimum Gasteiger partial charge on any atom is -0.455 e. The number of carbonyl (C=O) groups is 1. The maximum absolute atomic E-state index is 11.3. The van der Waals surface area contributed by atoms with Crippen molar-refractivity contribution < 1.29 is 34.3 Å². The molecule has 3 N–H and O–H groups in total. The number of cyclic esters (lactones) is 1. The van der Waals surface area contributed by atoms with E-state index < -0.39 is 42.8 Å². The molecule has 0 amide bonds. The Balaban J connectivity index is 1.77. The van der Waals surface area contributed by atoms with Crippen molar-refractivity contribution in [1.82, 2.24) is 0 Å². The Labute approximate surface area is 120 Å². The zero-order chi connectivity index (χ0) is 15.0. The lowest BCUT2D eigenvalue weighted by atomic mass is 10.0. The van der Waals surface area contributed by atoms with Crippen LogP contribution in [0.4, 0.5) is 0 Å². The summed E-state index contributed by atoms with van der Waals surface area (Å²) in [6.45, 7) is -0.0267. The van der Waals surface area contributed by atoms with Crippen LogP contribution in [0.5, 0.6) is 0 Å². The Morgan fingerprint density at radius 3 is 2.38 bits per heavy atom. The van der Waals surface area contributed by atoms with Gasteiger partial charge in [-0.15, -0.1) is 0 Å². The summed E-state index contributed by atoms with van der Waals surface area (Å²) in [7, 11) is 0. The van der Waals surface area contributed by atoms with E-state index in [1.165, 1.54) is 0 Å². The summed E-state index contributed by atoms with van der Waals surface area (Å²) in [5.41, 5.74) is 0.744. The van der Waals surface area contributed by atoms with E-state index in [1.807, 2.05) is 18.2 Å². The molecule has 6 atom stereocenters. The molecule has 2 saturated heterocycles. The second kappa shape index (κ2) is 5.70. The van der Waals surface area contributed by atoms with Crippen LogP contribution in [0.2, 0.25) is 0 Å². The third-order valence-electron chi connectivity index (χ3n) is 3.63. The molecule has 2 aliphatic heterocycles. The summed E-state index contributed by atoms with van der Waals surface area (Å²) in [5.74, 6) is -0.925. The van der Waals surface area contributed by atoms with Gasteiger partial charge < -0.3 is 29.5 Å². The molecule has 0 spiro atoms. The number of benzene rings is 1. The van der Waals surface area contributed by atoms with Crippen molar-refractivity contribution in [3.05, 3.63) is 35.9 Å². The highest BCUT2D eigenvalue weighted by Gasteiger charge is 2.51. The fourth-order valence-corrected chi connectivity index (χ4v) is 2.49. The highest BCUT2D eigenvalue weighted by atomic mass is 16.7. The predicted molar refractivity (Wildman–Crippen MR) is 67.9 cm³/mol. The van der Waals surface area contributed by atoms with Gasteiger partial charge in [0.1, 0.15) is 18.3 Å². The zero-order valence-corrected chi connectivity index (χ0v) is 11.0. The molecule has 0 radical (unpaired) electrons. The van der Waals surface area contributed by atoms with E-state index in [1.54, 1.807) is 12.1 Å². The van der Waals surface area contributed by atoms with Crippen molar-refractivity contribution in [1.29, 1.82) is 0 Å². The average Bonchev–Trinajstić information content (AvgIpc) is 2.76. The highest BCUT2D eigenvalue weighted by Crippen LogP contribution is 2.32. The standard InChI is InChI=1S/C14H16O7/c15-8-6-19-14(7-4-2-1-3-5-7)21-11(8)12-9(16)10(17)13(18)20-12/h1-5,8-12,14-17H,6H2/t8-,9+,10-,11-,12-,14-/m1/s1. The summed E-state index contributed by atoms with van der Waals surface area (Å²) >= 11 is 0. The molecule has 7 heteroatoms. The third-order valence-corrected chi connectivity index (χ3v) is 3.63. The summed E-state index contributed by atoms with van der Waals surface area (Å²) < 4.78 is 15.9. The molecule has 1 aromatic carbocycles. The van der Waals surface area contributed by atoms with Crippen LogP contribution in [0.3, 0.4) is 0 Å². The fourth-order valence-electron chi connectivity index (χ4n) is 2.49. The molecule has 0 aliphatic carbocycles. The third kappa shape index (κ3) is 2.66. The Morgan fingerprint density at radius 2 is 1.76 bits per heavy atom.